The Bertz CT molecular complexity index is 1110. The van der Waals surface area contributed by atoms with Crippen LogP contribution < -0.4 is 19.9 Å². The largest absolute Gasteiger partial charge is 0.493 e. The van der Waals surface area contributed by atoms with Crippen LogP contribution in [0.5, 0.6) is 11.5 Å². The van der Waals surface area contributed by atoms with Crippen molar-refractivity contribution < 1.29 is 19.1 Å². The number of rotatable bonds is 8. The van der Waals surface area contributed by atoms with E-state index in [1.807, 2.05) is 18.2 Å². The molecule has 1 fully saturated rings. The molecular formula is C25H21ClN2O4. The first-order chi connectivity index (χ1) is 15.6. The number of ether oxygens (including phenoxy) is 2. The van der Waals surface area contributed by atoms with E-state index >= 15 is 0 Å². The Morgan fingerprint density at radius 3 is 2.03 bits per heavy atom. The van der Waals surface area contributed by atoms with Gasteiger partial charge in [-0.05, 0) is 60.2 Å². The van der Waals surface area contributed by atoms with Crippen molar-refractivity contribution in [1.29, 1.82) is 0 Å². The molecule has 3 aromatic rings. The van der Waals surface area contributed by atoms with Crippen LogP contribution >= 0.6 is 11.6 Å². The standard InChI is InChI=1S/C25H21ClN2O4/c26-19-9-13-22(14-10-19)32-16-4-15-31-21-11-7-18(8-12-21)17-23-24(29)27-28(25(23)30)20-5-2-1-3-6-20/h1-3,5-14,17H,4,15-16H2,(H,27,29). The first-order valence-corrected chi connectivity index (χ1v) is 10.5. The summed E-state index contributed by atoms with van der Waals surface area (Å²) in [6.45, 7) is 1.03. The van der Waals surface area contributed by atoms with Gasteiger partial charge in [0.15, 0.2) is 0 Å². The van der Waals surface area contributed by atoms with Gasteiger partial charge in [0.2, 0.25) is 0 Å². The van der Waals surface area contributed by atoms with E-state index in [0.29, 0.717) is 29.7 Å². The Hall–Kier alpha value is -3.77. The van der Waals surface area contributed by atoms with E-state index in [0.717, 1.165) is 17.7 Å². The quantitative estimate of drug-likeness (QED) is 0.309. The number of para-hydroxylation sites is 1. The van der Waals surface area contributed by atoms with Gasteiger partial charge in [-0.2, -0.15) is 0 Å². The highest BCUT2D eigenvalue weighted by molar-refractivity contribution is 6.31. The molecule has 0 saturated carbocycles. The maximum atomic E-state index is 12.6. The monoisotopic (exact) mass is 448 g/mol. The van der Waals surface area contributed by atoms with Crippen LogP contribution in [0.4, 0.5) is 5.69 Å². The average Bonchev–Trinajstić information content (AvgIpc) is 3.10. The molecule has 4 rings (SSSR count). The van der Waals surface area contributed by atoms with Crippen LogP contribution in [0, 0.1) is 0 Å². The second kappa shape index (κ2) is 10.0. The maximum absolute atomic E-state index is 12.6. The van der Waals surface area contributed by atoms with Gasteiger partial charge in [0.05, 0.1) is 18.9 Å². The fourth-order valence-corrected chi connectivity index (χ4v) is 3.24. The van der Waals surface area contributed by atoms with Crippen molar-refractivity contribution in [3.63, 3.8) is 0 Å². The van der Waals surface area contributed by atoms with E-state index in [2.05, 4.69) is 5.43 Å². The molecule has 0 unspecified atom stereocenters. The smallest absolute Gasteiger partial charge is 0.282 e. The number of anilines is 1. The van der Waals surface area contributed by atoms with Crippen LogP contribution in [0.25, 0.3) is 6.08 Å². The first kappa shape index (κ1) is 21.5. The molecule has 0 aliphatic carbocycles. The third-order valence-electron chi connectivity index (χ3n) is 4.74. The molecule has 0 bridgehead atoms. The van der Waals surface area contributed by atoms with E-state index in [1.54, 1.807) is 66.7 Å². The van der Waals surface area contributed by atoms with Crippen molar-refractivity contribution in [2.24, 2.45) is 0 Å². The lowest BCUT2D eigenvalue weighted by Crippen LogP contribution is -2.35. The van der Waals surface area contributed by atoms with Crippen molar-refractivity contribution in [3.05, 3.63) is 95.0 Å². The highest BCUT2D eigenvalue weighted by Gasteiger charge is 2.34. The zero-order valence-electron chi connectivity index (χ0n) is 17.2. The summed E-state index contributed by atoms with van der Waals surface area (Å²) in [5.74, 6) is 0.650. The summed E-state index contributed by atoms with van der Waals surface area (Å²) >= 11 is 5.85. The van der Waals surface area contributed by atoms with Gasteiger partial charge in [-0.1, -0.05) is 41.9 Å². The number of hydrazine groups is 1. The summed E-state index contributed by atoms with van der Waals surface area (Å²) in [5, 5.41) is 1.92. The van der Waals surface area contributed by atoms with Gasteiger partial charge in [-0.15, -0.1) is 0 Å². The van der Waals surface area contributed by atoms with E-state index in [-0.39, 0.29) is 11.5 Å². The fraction of sp³-hybridized carbons (Fsp3) is 0.120. The summed E-state index contributed by atoms with van der Waals surface area (Å²) in [4.78, 5) is 24.9. The highest BCUT2D eigenvalue weighted by atomic mass is 35.5. The van der Waals surface area contributed by atoms with Gasteiger partial charge in [-0.3, -0.25) is 15.0 Å². The van der Waals surface area contributed by atoms with Gasteiger partial charge in [0.1, 0.15) is 17.1 Å². The fourth-order valence-electron chi connectivity index (χ4n) is 3.11. The Kier molecular flexibility index (Phi) is 6.72. The van der Waals surface area contributed by atoms with Crippen LogP contribution in [0.1, 0.15) is 12.0 Å². The molecule has 0 spiro atoms. The van der Waals surface area contributed by atoms with Crippen molar-refractivity contribution in [2.75, 3.05) is 18.2 Å². The molecule has 1 heterocycles. The van der Waals surface area contributed by atoms with Crippen LogP contribution in [-0.4, -0.2) is 25.0 Å². The molecule has 32 heavy (non-hydrogen) atoms. The summed E-state index contributed by atoms with van der Waals surface area (Å²) in [6.07, 6.45) is 2.29. The molecule has 2 amide bonds. The summed E-state index contributed by atoms with van der Waals surface area (Å²) < 4.78 is 11.4. The average molecular weight is 449 g/mol. The van der Waals surface area contributed by atoms with E-state index in [9.17, 15) is 9.59 Å². The number of carbonyl (C=O) groups is 2. The predicted octanol–water partition coefficient (Wildman–Crippen LogP) is 4.65. The highest BCUT2D eigenvalue weighted by Crippen LogP contribution is 2.22. The molecule has 6 nitrogen and oxygen atoms in total. The molecule has 1 N–H and O–H groups in total. The van der Waals surface area contributed by atoms with Crippen molar-refractivity contribution in [3.8, 4) is 11.5 Å². The van der Waals surface area contributed by atoms with E-state index < -0.39 is 5.91 Å². The number of nitrogens with one attached hydrogen (secondary N) is 1. The lowest BCUT2D eigenvalue weighted by atomic mass is 10.1. The van der Waals surface area contributed by atoms with Gasteiger partial charge in [-0.25, -0.2) is 5.01 Å². The normalized spacial score (nSPS) is 14.5. The number of halogens is 1. The molecule has 1 saturated heterocycles. The Morgan fingerprint density at radius 1 is 0.812 bits per heavy atom. The Labute approximate surface area is 191 Å². The van der Waals surface area contributed by atoms with E-state index in [4.69, 9.17) is 21.1 Å². The predicted molar refractivity (Wildman–Crippen MR) is 124 cm³/mol. The maximum Gasteiger partial charge on any atom is 0.282 e. The van der Waals surface area contributed by atoms with Gasteiger partial charge in [0, 0.05) is 11.4 Å². The number of amides is 2. The minimum Gasteiger partial charge on any atom is -0.493 e. The summed E-state index contributed by atoms with van der Waals surface area (Å²) in [5.41, 5.74) is 4.02. The molecule has 7 heteroatoms. The molecule has 162 valence electrons. The number of hydrogen-bond acceptors (Lipinski definition) is 4. The molecule has 0 atom stereocenters. The summed E-state index contributed by atoms with van der Waals surface area (Å²) in [6, 6.07) is 23.4. The zero-order chi connectivity index (χ0) is 22.3. The first-order valence-electron chi connectivity index (χ1n) is 10.1. The summed E-state index contributed by atoms with van der Waals surface area (Å²) in [7, 11) is 0. The lowest BCUT2D eigenvalue weighted by Gasteiger charge is -2.13. The zero-order valence-corrected chi connectivity index (χ0v) is 17.9. The van der Waals surface area contributed by atoms with E-state index in [1.165, 1.54) is 5.01 Å². The number of hydrogen-bond donors (Lipinski definition) is 1. The van der Waals surface area contributed by atoms with Gasteiger partial charge in [0.25, 0.3) is 11.8 Å². The van der Waals surface area contributed by atoms with Gasteiger partial charge < -0.3 is 9.47 Å². The Morgan fingerprint density at radius 2 is 1.41 bits per heavy atom. The third kappa shape index (κ3) is 5.28. The van der Waals surface area contributed by atoms with Crippen molar-refractivity contribution in [1.82, 2.24) is 5.43 Å². The van der Waals surface area contributed by atoms with Crippen LogP contribution in [-0.2, 0) is 9.59 Å². The lowest BCUT2D eigenvalue weighted by molar-refractivity contribution is -0.117. The minimum atomic E-state index is -0.431. The second-order valence-electron chi connectivity index (χ2n) is 7.05. The molecule has 0 aromatic heterocycles. The third-order valence-corrected chi connectivity index (χ3v) is 4.99. The molecule has 3 aromatic carbocycles. The SMILES string of the molecule is O=C1NN(c2ccccc2)C(=O)C1=Cc1ccc(OCCCOc2ccc(Cl)cc2)cc1. The number of nitrogens with zero attached hydrogens (tertiary/aromatic N) is 1. The molecule has 1 aliphatic rings. The van der Waals surface area contributed by atoms with Crippen LogP contribution in [0.15, 0.2) is 84.4 Å². The molecular weight excluding hydrogens is 428 g/mol. The van der Waals surface area contributed by atoms with Crippen LogP contribution in [0.2, 0.25) is 5.02 Å². The van der Waals surface area contributed by atoms with Crippen LogP contribution in [0.3, 0.4) is 0 Å². The number of carbonyl (C=O) groups excluding carboxylic acids is 2. The number of benzene rings is 3. The van der Waals surface area contributed by atoms with Crippen molar-refractivity contribution in [2.45, 2.75) is 6.42 Å². The minimum absolute atomic E-state index is 0.0851. The van der Waals surface area contributed by atoms with Crippen molar-refractivity contribution >= 4 is 35.2 Å². The second-order valence-corrected chi connectivity index (χ2v) is 7.48. The molecule has 0 radical (unpaired) electrons. The van der Waals surface area contributed by atoms with Gasteiger partial charge >= 0.3 is 0 Å². The molecule has 1 aliphatic heterocycles. The Balaban J connectivity index is 1.28. The topological polar surface area (TPSA) is 67.9 Å².